The van der Waals surface area contributed by atoms with E-state index in [1.54, 1.807) is 0 Å². The number of methoxy groups -OCH3 is 1. The Kier molecular flexibility index (Phi) is 7.41. The van der Waals surface area contributed by atoms with Crippen LogP contribution in [0.15, 0.2) is 42.7 Å². The van der Waals surface area contributed by atoms with E-state index < -0.39 is 23.6 Å². The molecular formula is C16H13Cl2F3N2O3. The molecule has 2 aromatic rings. The first-order valence-corrected chi connectivity index (χ1v) is 7.32. The number of anilines is 1. The predicted molar refractivity (Wildman–Crippen MR) is 83.1 cm³/mol. The lowest BCUT2D eigenvalue weighted by Crippen LogP contribution is -3.00. The summed E-state index contributed by atoms with van der Waals surface area (Å²) in [5, 5.41) is 2.31. The average molecular weight is 409 g/mol. The Balaban J connectivity index is 0.00000338. The Morgan fingerprint density at radius 3 is 2.58 bits per heavy atom. The summed E-state index contributed by atoms with van der Waals surface area (Å²) in [5.41, 5.74) is -0.839. The van der Waals surface area contributed by atoms with Crippen LogP contribution in [0.25, 0.3) is 0 Å². The standard InChI is InChI=1S/C16H12ClF3N2O3.ClH/c1-25-15(24)10-3-2-6-22(8-10)9-14(23)21-13-7-11(16(18,19)20)4-5-12(13)17;/h2-8H,9H2,1H3;1H. The number of rotatable bonds is 4. The van der Waals surface area contributed by atoms with Crippen molar-refractivity contribution in [3.63, 3.8) is 0 Å². The fraction of sp³-hybridized carbons (Fsp3) is 0.188. The molecule has 10 heteroatoms. The second-order valence-electron chi connectivity index (χ2n) is 5.00. The number of hydrogen-bond donors (Lipinski definition) is 1. The molecule has 0 aliphatic rings. The van der Waals surface area contributed by atoms with Crippen molar-refractivity contribution in [2.24, 2.45) is 0 Å². The van der Waals surface area contributed by atoms with Gasteiger partial charge in [0.05, 0.1) is 23.4 Å². The number of alkyl halides is 3. The number of aromatic nitrogens is 1. The summed E-state index contributed by atoms with van der Waals surface area (Å²) in [6, 6.07) is 5.69. The summed E-state index contributed by atoms with van der Waals surface area (Å²) in [4.78, 5) is 23.5. The zero-order valence-electron chi connectivity index (χ0n) is 13.3. The molecule has 0 saturated carbocycles. The van der Waals surface area contributed by atoms with E-state index >= 15 is 0 Å². The first-order valence-electron chi connectivity index (χ1n) is 6.94. The Bertz CT molecular complexity index is 814. The van der Waals surface area contributed by atoms with Crippen LogP contribution in [-0.2, 0) is 22.3 Å². The van der Waals surface area contributed by atoms with Crippen LogP contribution in [0, 0.1) is 0 Å². The molecule has 0 radical (unpaired) electrons. The molecule has 0 aliphatic carbocycles. The first-order chi connectivity index (χ1) is 11.7. The van der Waals surface area contributed by atoms with E-state index in [0.717, 1.165) is 18.2 Å². The van der Waals surface area contributed by atoms with Crippen LogP contribution in [0.1, 0.15) is 15.9 Å². The van der Waals surface area contributed by atoms with E-state index in [1.165, 1.54) is 36.2 Å². The van der Waals surface area contributed by atoms with Crippen molar-refractivity contribution in [3.8, 4) is 0 Å². The molecule has 5 nitrogen and oxygen atoms in total. The minimum atomic E-state index is -4.55. The van der Waals surface area contributed by atoms with Crippen LogP contribution in [0.2, 0.25) is 5.02 Å². The highest BCUT2D eigenvalue weighted by Gasteiger charge is 2.31. The molecule has 2 rings (SSSR count). The van der Waals surface area contributed by atoms with Crippen LogP contribution in [0.5, 0.6) is 0 Å². The first kappa shape index (κ1) is 21.7. The van der Waals surface area contributed by atoms with Crippen molar-refractivity contribution >= 4 is 29.2 Å². The maximum Gasteiger partial charge on any atom is 0.416 e. The number of benzene rings is 1. The van der Waals surface area contributed by atoms with Crippen LogP contribution >= 0.6 is 11.6 Å². The van der Waals surface area contributed by atoms with Gasteiger partial charge in [0.15, 0.2) is 12.4 Å². The van der Waals surface area contributed by atoms with Gasteiger partial charge in [-0.15, -0.1) is 0 Å². The fourth-order valence-electron chi connectivity index (χ4n) is 2.01. The number of carbonyl (C=O) groups excluding carboxylic acids is 2. The van der Waals surface area contributed by atoms with Crippen molar-refractivity contribution in [1.82, 2.24) is 0 Å². The highest BCUT2D eigenvalue weighted by Crippen LogP contribution is 2.33. The van der Waals surface area contributed by atoms with E-state index in [4.69, 9.17) is 11.6 Å². The van der Waals surface area contributed by atoms with Crippen LogP contribution < -0.4 is 22.3 Å². The molecule has 1 heterocycles. The molecule has 0 unspecified atom stereocenters. The van der Waals surface area contributed by atoms with Gasteiger partial charge in [0.2, 0.25) is 6.54 Å². The minimum absolute atomic E-state index is 0. The molecular weight excluding hydrogens is 396 g/mol. The van der Waals surface area contributed by atoms with Crippen molar-refractivity contribution in [3.05, 3.63) is 58.9 Å². The van der Waals surface area contributed by atoms with Gasteiger partial charge in [0.25, 0.3) is 5.91 Å². The Morgan fingerprint density at radius 2 is 1.96 bits per heavy atom. The number of amides is 1. The van der Waals surface area contributed by atoms with E-state index in [1.807, 2.05) is 0 Å². The number of nitrogens with zero attached hydrogens (tertiary/aromatic N) is 1. The number of hydrogen-bond acceptors (Lipinski definition) is 3. The van der Waals surface area contributed by atoms with Gasteiger partial charge in [-0.3, -0.25) is 4.79 Å². The molecule has 1 N–H and O–H groups in total. The van der Waals surface area contributed by atoms with E-state index in [9.17, 15) is 22.8 Å². The zero-order valence-corrected chi connectivity index (χ0v) is 14.8. The van der Waals surface area contributed by atoms with Gasteiger partial charge in [-0.1, -0.05) is 11.6 Å². The number of halogens is 5. The van der Waals surface area contributed by atoms with Crippen LogP contribution in [-0.4, -0.2) is 19.0 Å². The average Bonchev–Trinajstić information content (AvgIpc) is 2.55. The minimum Gasteiger partial charge on any atom is -1.00 e. The van der Waals surface area contributed by atoms with Crippen molar-refractivity contribution in [2.45, 2.75) is 12.7 Å². The lowest BCUT2D eigenvalue weighted by atomic mass is 10.2. The summed E-state index contributed by atoms with van der Waals surface area (Å²) >= 11 is 5.83. The van der Waals surface area contributed by atoms with Crippen LogP contribution in [0.4, 0.5) is 18.9 Å². The topological polar surface area (TPSA) is 59.3 Å². The molecule has 1 aromatic carbocycles. The number of nitrogens with one attached hydrogen (secondary N) is 1. The molecule has 0 bridgehead atoms. The lowest BCUT2D eigenvalue weighted by Gasteiger charge is -2.11. The van der Waals surface area contributed by atoms with Gasteiger partial charge < -0.3 is 22.5 Å². The summed E-state index contributed by atoms with van der Waals surface area (Å²) in [6.07, 6.45) is -1.63. The Hall–Kier alpha value is -2.32. The van der Waals surface area contributed by atoms with Crippen molar-refractivity contribution in [1.29, 1.82) is 0 Å². The predicted octanol–water partition coefficient (Wildman–Crippen LogP) is 0.0756. The number of pyridine rings is 1. The quantitative estimate of drug-likeness (QED) is 0.575. The maximum atomic E-state index is 12.7. The molecule has 0 aliphatic heterocycles. The molecule has 0 saturated heterocycles. The Morgan fingerprint density at radius 1 is 1.27 bits per heavy atom. The maximum absolute atomic E-state index is 12.7. The highest BCUT2D eigenvalue weighted by molar-refractivity contribution is 6.33. The van der Waals surface area contributed by atoms with E-state index in [-0.39, 0.29) is 35.2 Å². The third-order valence-electron chi connectivity index (χ3n) is 3.17. The normalized spacial score (nSPS) is 10.7. The van der Waals surface area contributed by atoms with Gasteiger partial charge in [-0.2, -0.15) is 17.7 Å². The second-order valence-corrected chi connectivity index (χ2v) is 5.40. The van der Waals surface area contributed by atoms with E-state index in [2.05, 4.69) is 10.1 Å². The third kappa shape index (κ3) is 5.60. The van der Waals surface area contributed by atoms with Gasteiger partial charge in [-0.05, 0) is 24.3 Å². The van der Waals surface area contributed by atoms with Gasteiger partial charge in [-0.25, -0.2) is 4.79 Å². The number of ether oxygens (including phenoxy) is 1. The third-order valence-corrected chi connectivity index (χ3v) is 3.50. The summed E-state index contributed by atoms with van der Waals surface area (Å²) in [6.45, 7) is -0.225. The van der Waals surface area contributed by atoms with Gasteiger partial charge in [0.1, 0.15) is 5.56 Å². The lowest BCUT2D eigenvalue weighted by molar-refractivity contribution is -0.684. The van der Waals surface area contributed by atoms with Crippen molar-refractivity contribution < 1.29 is 44.5 Å². The number of esters is 1. The summed E-state index contributed by atoms with van der Waals surface area (Å²) < 4.78 is 44.2. The van der Waals surface area contributed by atoms with Crippen molar-refractivity contribution in [2.75, 3.05) is 12.4 Å². The molecule has 1 amide bonds. The fourth-order valence-corrected chi connectivity index (χ4v) is 2.18. The smallest absolute Gasteiger partial charge is 0.416 e. The molecule has 0 fully saturated rings. The number of carbonyl (C=O) groups is 2. The van der Waals surface area contributed by atoms with Crippen LogP contribution in [0.3, 0.4) is 0 Å². The molecule has 1 aromatic heterocycles. The zero-order chi connectivity index (χ0) is 18.6. The summed E-state index contributed by atoms with van der Waals surface area (Å²) in [7, 11) is 1.22. The van der Waals surface area contributed by atoms with Gasteiger partial charge in [0, 0.05) is 6.07 Å². The second kappa shape index (κ2) is 8.86. The SMILES string of the molecule is COC(=O)c1ccc[n+](CC(=O)Nc2cc(C(F)(F)F)ccc2Cl)c1.[Cl-]. The summed E-state index contributed by atoms with van der Waals surface area (Å²) in [5.74, 6) is -1.18. The largest absolute Gasteiger partial charge is 1.00 e. The molecule has 26 heavy (non-hydrogen) atoms. The monoisotopic (exact) mass is 408 g/mol. The molecule has 0 spiro atoms. The molecule has 0 atom stereocenters. The molecule has 140 valence electrons. The van der Waals surface area contributed by atoms with E-state index in [0.29, 0.717) is 0 Å². The van der Waals surface area contributed by atoms with Gasteiger partial charge >= 0.3 is 12.1 Å². The highest BCUT2D eigenvalue weighted by atomic mass is 35.5. The Labute approximate surface area is 158 Å².